The number of piperidine rings is 1. The molecule has 36 heavy (non-hydrogen) atoms. The van der Waals surface area contributed by atoms with Crippen molar-refractivity contribution >= 4 is 11.8 Å². The Bertz CT molecular complexity index is 1270. The standard InChI is InChI=1S/C25H29F4N5O2/c1-14(17-6-5-7-18(21(17)26)22(27)28)30-23-19-12-34(13-20(19)32(4)15(2)31-23)24(36)25(29)8-10-33(11-9-25)16(3)35/h5-7,14,22H,8-13H2,1-4H3. The molecule has 1 saturated heterocycles. The molecule has 2 amide bonds. The number of aryl methyl sites for hydroxylation is 1. The maximum Gasteiger partial charge on any atom is 0.266 e. The molecule has 3 heterocycles. The molecule has 11 heteroatoms. The number of hydrogen-bond donors (Lipinski definition) is 0. The molecule has 2 aliphatic rings. The highest BCUT2D eigenvalue weighted by molar-refractivity contribution is 5.86. The van der Waals surface area contributed by atoms with Gasteiger partial charge in [0.25, 0.3) is 12.3 Å². The SMILES string of the molecule is CC(=O)N1CCC(F)(C(=O)N2Cc3c(n(C)c(C)nc3=NC(C)c3cccc(C(F)F)c3F)C2)CC1. The van der Waals surface area contributed by atoms with Crippen molar-refractivity contribution in [2.45, 2.75) is 64.8 Å². The van der Waals surface area contributed by atoms with Gasteiger partial charge < -0.3 is 14.4 Å². The van der Waals surface area contributed by atoms with Crippen molar-refractivity contribution in [3.05, 3.63) is 57.7 Å². The molecule has 1 atom stereocenters. The minimum absolute atomic E-state index is 0.0140. The fraction of sp³-hybridized carbons (Fsp3) is 0.520. The first-order valence-corrected chi connectivity index (χ1v) is 11.8. The van der Waals surface area contributed by atoms with Crippen LogP contribution in [-0.2, 0) is 29.7 Å². The van der Waals surface area contributed by atoms with Crippen molar-refractivity contribution in [1.82, 2.24) is 19.4 Å². The molecule has 0 spiro atoms. The first-order valence-electron chi connectivity index (χ1n) is 11.8. The van der Waals surface area contributed by atoms with E-state index in [9.17, 15) is 22.8 Å². The van der Waals surface area contributed by atoms with E-state index in [1.54, 1.807) is 25.5 Å². The summed E-state index contributed by atoms with van der Waals surface area (Å²) < 4.78 is 58.5. The Kier molecular flexibility index (Phi) is 6.94. The molecule has 1 fully saturated rings. The van der Waals surface area contributed by atoms with Gasteiger partial charge in [-0.25, -0.2) is 22.5 Å². The summed E-state index contributed by atoms with van der Waals surface area (Å²) in [7, 11) is 1.78. The molecular weight excluding hydrogens is 478 g/mol. The second-order valence-corrected chi connectivity index (χ2v) is 9.46. The van der Waals surface area contributed by atoms with Crippen molar-refractivity contribution in [3.8, 4) is 0 Å². The van der Waals surface area contributed by atoms with Gasteiger partial charge in [0.05, 0.1) is 24.7 Å². The lowest BCUT2D eigenvalue weighted by molar-refractivity contribution is -0.150. The van der Waals surface area contributed by atoms with E-state index in [1.165, 1.54) is 28.9 Å². The third kappa shape index (κ3) is 4.62. The van der Waals surface area contributed by atoms with E-state index in [1.807, 2.05) is 0 Å². The molecule has 1 unspecified atom stereocenters. The Hall–Kier alpha value is -3.24. The normalized spacial score (nSPS) is 18.5. The smallest absolute Gasteiger partial charge is 0.266 e. The highest BCUT2D eigenvalue weighted by Gasteiger charge is 2.46. The summed E-state index contributed by atoms with van der Waals surface area (Å²) in [4.78, 5) is 36.8. The molecule has 0 radical (unpaired) electrons. The number of benzene rings is 1. The summed E-state index contributed by atoms with van der Waals surface area (Å²) in [5.74, 6) is -1.22. The number of halogens is 4. The molecule has 0 N–H and O–H groups in total. The van der Waals surface area contributed by atoms with Crippen LogP contribution in [0.25, 0.3) is 0 Å². The molecular formula is C25H29F4N5O2. The Labute approximate surface area is 206 Å². The van der Waals surface area contributed by atoms with Gasteiger partial charge in [-0.15, -0.1) is 0 Å². The minimum Gasteiger partial charge on any atom is -0.343 e. The number of likely N-dealkylation sites (tertiary alicyclic amines) is 1. The van der Waals surface area contributed by atoms with Gasteiger partial charge in [0, 0.05) is 56.7 Å². The third-order valence-corrected chi connectivity index (χ3v) is 7.20. The molecule has 1 aromatic carbocycles. The fourth-order valence-electron chi connectivity index (χ4n) is 4.85. The molecule has 4 rings (SSSR count). The lowest BCUT2D eigenvalue weighted by atomic mass is 9.91. The average Bonchev–Trinajstić information content (AvgIpc) is 3.28. The second kappa shape index (κ2) is 9.67. The molecule has 2 aromatic rings. The fourth-order valence-corrected chi connectivity index (χ4v) is 4.85. The predicted octanol–water partition coefficient (Wildman–Crippen LogP) is 3.66. The summed E-state index contributed by atoms with van der Waals surface area (Å²) in [5.41, 5.74) is -1.14. The summed E-state index contributed by atoms with van der Waals surface area (Å²) in [6.45, 7) is 5.33. The van der Waals surface area contributed by atoms with Gasteiger partial charge in [0.15, 0.2) is 11.2 Å². The highest BCUT2D eigenvalue weighted by atomic mass is 19.3. The van der Waals surface area contributed by atoms with Gasteiger partial charge in [-0.05, 0) is 13.8 Å². The van der Waals surface area contributed by atoms with E-state index >= 15 is 4.39 Å². The van der Waals surface area contributed by atoms with Crippen molar-refractivity contribution in [3.63, 3.8) is 0 Å². The van der Waals surface area contributed by atoms with E-state index in [2.05, 4.69) is 9.98 Å². The van der Waals surface area contributed by atoms with E-state index in [-0.39, 0.29) is 56.0 Å². The van der Waals surface area contributed by atoms with Gasteiger partial charge in [-0.1, -0.05) is 18.2 Å². The van der Waals surface area contributed by atoms with Crippen molar-refractivity contribution in [2.24, 2.45) is 12.0 Å². The Morgan fingerprint density at radius 2 is 1.75 bits per heavy atom. The van der Waals surface area contributed by atoms with Crippen LogP contribution in [0.1, 0.15) is 67.4 Å². The zero-order valence-corrected chi connectivity index (χ0v) is 20.7. The van der Waals surface area contributed by atoms with Crippen LogP contribution in [0.3, 0.4) is 0 Å². The maximum atomic E-state index is 15.7. The minimum atomic E-state index is -2.95. The van der Waals surface area contributed by atoms with Crippen molar-refractivity contribution < 1.29 is 27.2 Å². The number of rotatable bonds is 4. The van der Waals surface area contributed by atoms with Crippen LogP contribution in [0, 0.1) is 12.7 Å². The zero-order valence-electron chi connectivity index (χ0n) is 20.7. The number of nitrogens with zero attached hydrogens (tertiary/aromatic N) is 5. The maximum absolute atomic E-state index is 15.7. The number of aromatic nitrogens is 2. The van der Waals surface area contributed by atoms with Crippen LogP contribution in [0.4, 0.5) is 17.6 Å². The summed E-state index contributed by atoms with van der Waals surface area (Å²) >= 11 is 0. The number of hydrogen-bond acceptors (Lipinski definition) is 4. The van der Waals surface area contributed by atoms with Gasteiger partial charge in [-0.3, -0.25) is 14.6 Å². The molecule has 7 nitrogen and oxygen atoms in total. The Balaban J connectivity index is 1.64. The van der Waals surface area contributed by atoms with Gasteiger partial charge in [0.2, 0.25) is 5.91 Å². The van der Waals surface area contributed by atoms with Crippen molar-refractivity contribution in [2.75, 3.05) is 13.1 Å². The van der Waals surface area contributed by atoms with Crippen LogP contribution in [-0.4, -0.2) is 49.9 Å². The van der Waals surface area contributed by atoms with E-state index in [4.69, 9.17) is 0 Å². The molecule has 1 aromatic heterocycles. The third-order valence-electron chi connectivity index (χ3n) is 7.20. The summed E-state index contributed by atoms with van der Waals surface area (Å²) in [5, 5.41) is 0. The lowest BCUT2D eigenvalue weighted by Crippen LogP contribution is -2.52. The number of carbonyl (C=O) groups excluding carboxylic acids is 2. The second-order valence-electron chi connectivity index (χ2n) is 9.46. The van der Waals surface area contributed by atoms with Gasteiger partial charge >= 0.3 is 0 Å². The highest BCUT2D eigenvalue weighted by Crippen LogP contribution is 2.33. The average molecular weight is 508 g/mol. The lowest BCUT2D eigenvalue weighted by Gasteiger charge is -2.36. The summed E-state index contributed by atoms with van der Waals surface area (Å²) in [6, 6.07) is 2.98. The monoisotopic (exact) mass is 507 g/mol. The van der Waals surface area contributed by atoms with Crippen LogP contribution in [0.2, 0.25) is 0 Å². The number of fused-ring (bicyclic) bond motifs is 1. The molecule has 0 aliphatic carbocycles. The first kappa shape index (κ1) is 25.8. The van der Waals surface area contributed by atoms with Gasteiger partial charge in [-0.2, -0.15) is 0 Å². The first-order chi connectivity index (χ1) is 16.9. The van der Waals surface area contributed by atoms with Crippen LogP contribution in [0.15, 0.2) is 23.2 Å². The van der Waals surface area contributed by atoms with E-state index < -0.39 is 35.4 Å². The van der Waals surface area contributed by atoms with Crippen molar-refractivity contribution in [1.29, 1.82) is 0 Å². The molecule has 0 bridgehead atoms. The number of amides is 2. The Morgan fingerprint density at radius 1 is 1.11 bits per heavy atom. The number of alkyl halides is 3. The quantitative estimate of drug-likeness (QED) is 0.594. The molecule has 194 valence electrons. The zero-order chi connectivity index (χ0) is 26.4. The van der Waals surface area contributed by atoms with Crippen LogP contribution in [0.5, 0.6) is 0 Å². The van der Waals surface area contributed by atoms with Gasteiger partial charge in [0.1, 0.15) is 11.6 Å². The van der Waals surface area contributed by atoms with E-state index in [0.29, 0.717) is 11.4 Å². The topological polar surface area (TPSA) is 70.8 Å². The molecule has 0 saturated carbocycles. The van der Waals surface area contributed by atoms with E-state index in [0.717, 1.165) is 11.8 Å². The Morgan fingerprint density at radius 3 is 2.36 bits per heavy atom. The summed E-state index contributed by atoms with van der Waals surface area (Å²) in [6.07, 6.45) is -3.10. The predicted molar refractivity (Wildman–Crippen MR) is 123 cm³/mol. The largest absolute Gasteiger partial charge is 0.343 e. The molecule has 2 aliphatic heterocycles. The van der Waals surface area contributed by atoms with Crippen LogP contribution < -0.4 is 5.49 Å². The number of carbonyl (C=O) groups is 2. The van der Waals surface area contributed by atoms with Crippen LogP contribution >= 0.6 is 0 Å².